The number of amides is 2. The van der Waals surface area contributed by atoms with Gasteiger partial charge in [-0.15, -0.1) is 0 Å². The lowest BCUT2D eigenvalue weighted by atomic mass is 10.1. The van der Waals surface area contributed by atoms with E-state index in [0.29, 0.717) is 28.7 Å². The maximum absolute atomic E-state index is 12.4. The first kappa shape index (κ1) is 15.9. The molecule has 0 aliphatic rings. The van der Waals surface area contributed by atoms with E-state index in [0.717, 1.165) is 5.69 Å². The van der Waals surface area contributed by atoms with Gasteiger partial charge in [0, 0.05) is 19.2 Å². The fourth-order valence-electron chi connectivity index (χ4n) is 2.36. The van der Waals surface area contributed by atoms with Gasteiger partial charge in [-0.05, 0) is 25.8 Å². The van der Waals surface area contributed by atoms with E-state index >= 15 is 0 Å². The van der Waals surface area contributed by atoms with Crippen LogP contribution >= 0.6 is 0 Å². The molecular weight excluding hydrogens is 282 g/mol. The summed E-state index contributed by atoms with van der Waals surface area (Å²) in [6.45, 7) is 7.52. The predicted octanol–water partition coefficient (Wildman–Crippen LogP) is 1.39. The number of carbonyl (C=O) groups is 2. The Morgan fingerprint density at radius 1 is 1.27 bits per heavy atom. The summed E-state index contributed by atoms with van der Waals surface area (Å²) in [5.41, 5.74) is 7.44. The second-order valence-electron chi connectivity index (χ2n) is 5.82. The topological polar surface area (TPSA) is 88.9 Å². The number of aryl methyl sites for hydroxylation is 3. The molecule has 0 saturated carbocycles. The van der Waals surface area contributed by atoms with Gasteiger partial charge in [0.2, 0.25) is 5.91 Å². The van der Waals surface area contributed by atoms with Gasteiger partial charge in [-0.3, -0.25) is 25.1 Å². The molecule has 118 valence electrons. The molecule has 0 atom stereocenters. The fraction of sp³-hybridized carbons (Fsp3) is 0.467. The van der Waals surface area contributed by atoms with E-state index in [2.05, 4.69) is 20.9 Å². The normalized spacial score (nSPS) is 11.0. The van der Waals surface area contributed by atoms with Gasteiger partial charge in [-0.25, -0.2) is 4.98 Å². The van der Waals surface area contributed by atoms with Crippen LogP contribution in [-0.4, -0.2) is 26.6 Å². The van der Waals surface area contributed by atoms with Crippen molar-refractivity contribution in [2.24, 2.45) is 13.0 Å². The van der Waals surface area contributed by atoms with E-state index in [1.807, 2.05) is 27.7 Å². The molecule has 0 aromatic carbocycles. The summed E-state index contributed by atoms with van der Waals surface area (Å²) in [6.07, 6.45) is 0.358. The van der Waals surface area contributed by atoms with Crippen LogP contribution in [0.5, 0.6) is 0 Å². The molecule has 0 aliphatic carbocycles. The van der Waals surface area contributed by atoms with Gasteiger partial charge in [0.1, 0.15) is 0 Å². The zero-order valence-electron chi connectivity index (χ0n) is 13.5. The molecule has 2 heterocycles. The lowest BCUT2D eigenvalue weighted by Crippen LogP contribution is -2.42. The van der Waals surface area contributed by atoms with Crippen molar-refractivity contribution in [2.75, 3.05) is 0 Å². The Morgan fingerprint density at radius 3 is 2.59 bits per heavy atom. The summed E-state index contributed by atoms with van der Waals surface area (Å²) in [4.78, 5) is 28.4. The summed E-state index contributed by atoms with van der Waals surface area (Å²) in [5.74, 6) is -0.357. The van der Waals surface area contributed by atoms with Crippen LogP contribution in [0.3, 0.4) is 0 Å². The second kappa shape index (κ2) is 6.13. The first-order valence-corrected chi connectivity index (χ1v) is 7.19. The molecular formula is C15H21N5O2. The van der Waals surface area contributed by atoms with Gasteiger partial charge in [0.25, 0.3) is 5.91 Å². The zero-order chi connectivity index (χ0) is 16.4. The van der Waals surface area contributed by atoms with Crippen molar-refractivity contribution in [3.05, 3.63) is 23.0 Å². The third kappa shape index (κ3) is 3.24. The number of fused-ring (bicyclic) bond motifs is 1. The molecule has 0 spiro atoms. The Balaban J connectivity index is 2.26. The number of nitrogens with zero attached hydrogens (tertiary/aromatic N) is 3. The average molecular weight is 303 g/mol. The van der Waals surface area contributed by atoms with Crippen molar-refractivity contribution >= 4 is 22.8 Å². The van der Waals surface area contributed by atoms with Crippen molar-refractivity contribution in [1.82, 2.24) is 25.6 Å². The molecule has 2 amide bonds. The quantitative estimate of drug-likeness (QED) is 0.839. The summed E-state index contributed by atoms with van der Waals surface area (Å²) >= 11 is 0. The summed E-state index contributed by atoms with van der Waals surface area (Å²) in [7, 11) is 1.79. The zero-order valence-corrected chi connectivity index (χ0v) is 13.5. The molecule has 2 aromatic rings. The Kier molecular flexibility index (Phi) is 4.44. The first-order valence-electron chi connectivity index (χ1n) is 7.19. The molecule has 2 aromatic heterocycles. The molecule has 0 bridgehead atoms. The van der Waals surface area contributed by atoms with Crippen molar-refractivity contribution in [3.63, 3.8) is 0 Å². The molecule has 22 heavy (non-hydrogen) atoms. The minimum absolute atomic E-state index is 0.215. The number of hydrogen-bond acceptors (Lipinski definition) is 4. The van der Waals surface area contributed by atoms with Crippen LogP contribution in [0.4, 0.5) is 0 Å². The smallest absolute Gasteiger partial charge is 0.270 e. The molecule has 2 rings (SSSR count). The number of hydrogen-bond donors (Lipinski definition) is 2. The molecule has 0 unspecified atom stereocenters. The van der Waals surface area contributed by atoms with Gasteiger partial charge in [0.05, 0.1) is 16.6 Å². The fourth-order valence-corrected chi connectivity index (χ4v) is 2.36. The standard InChI is InChI=1S/C15H21N5O2/c1-8(2)6-12(21)17-18-15(22)11-7-9(3)16-14-13(11)10(4)19-20(14)5/h7-8H,6H2,1-5H3,(H,17,21)(H,18,22). The summed E-state index contributed by atoms with van der Waals surface area (Å²) < 4.78 is 1.64. The van der Waals surface area contributed by atoms with Gasteiger partial charge >= 0.3 is 0 Å². The number of carbonyl (C=O) groups excluding carboxylic acids is 2. The van der Waals surface area contributed by atoms with Crippen molar-refractivity contribution in [3.8, 4) is 0 Å². The largest absolute Gasteiger partial charge is 0.273 e. The van der Waals surface area contributed by atoms with E-state index in [1.165, 1.54) is 0 Å². The number of pyridine rings is 1. The SMILES string of the molecule is Cc1cc(C(=O)NNC(=O)CC(C)C)c2c(C)nn(C)c2n1. The summed E-state index contributed by atoms with van der Waals surface area (Å²) in [5, 5.41) is 4.99. The predicted molar refractivity (Wildman–Crippen MR) is 83.0 cm³/mol. The molecule has 7 nitrogen and oxygen atoms in total. The summed E-state index contributed by atoms with van der Waals surface area (Å²) in [6, 6.07) is 1.70. The van der Waals surface area contributed by atoms with Crippen LogP contribution in [0.15, 0.2) is 6.07 Å². The minimum Gasteiger partial charge on any atom is -0.273 e. The van der Waals surface area contributed by atoms with Gasteiger partial charge in [-0.1, -0.05) is 13.8 Å². The highest BCUT2D eigenvalue weighted by atomic mass is 16.2. The molecule has 0 saturated heterocycles. The Morgan fingerprint density at radius 2 is 1.95 bits per heavy atom. The third-order valence-corrected chi connectivity index (χ3v) is 3.25. The number of nitrogens with one attached hydrogen (secondary N) is 2. The lowest BCUT2D eigenvalue weighted by molar-refractivity contribution is -0.122. The van der Waals surface area contributed by atoms with Crippen LogP contribution in [0.2, 0.25) is 0 Å². The highest BCUT2D eigenvalue weighted by Gasteiger charge is 2.18. The molecule has 2 N–H and O–H groups in total. The van der Waals surface area contributed by atoms with Crippen molar-refractivity contribution < 1.29 is 9.59 Å². The monoisotopic (exact) mass is 303 g/mol. The third-order valence-electron chi connectivity index (χ3n) is 3.25. The van der Waals surface area contributed by atoms with Gasteiger partial charge in [0.15, 0.2) is 5.65 Å². The van der Waals surface area contributed by atoms with Crippen LogP contribution in [0.25, 0.3) is 11.0 Å². The van der Waals surface area contributed by atoms with Crippen LogP contribution in [-0.2, 0) is 11.8 Å². The highest BCUT2D eigenvalue weighted by Crippen LogP contribution is 2.21. The van der Waals surface area contributed by atoms with E-state index < -0.39 is 0 Å². The van der Waals surface area contributed by atoms with E-state index in [4.69, 9.17) is 0 Å². The van der Waals surface area contributed by atoms with E-state index in [9.17, 15) is 9.59 Å². The van der Waals surface area contributed by atoms with Gasteiger partial charge < -0.3 is 0 Å². The molecule has 7 heteroatoms. The van der Waals surface area contributed by atoms with E-state index in [1.54, 1.807) is 17.8 Å². The Labute approximate surface area is 129 Å². The van der Waals surface area contributed by atoms with Crippen LogP contribution in [0, 0.1) is 19.8 Å². The molecule has 0 fully saturated rings. The van der Waals surface area contributed by atoms with Crippen molar-refractivity contribution in [1.29, 1.82) is 0 Å². The minimum atomic E-state index is -0.372. The maximum Gasteiger partial charge on any atom is 0.270 e. The van der Waals surface area contributed by atoms with E-state index in [-0.39, 0.29) is 17.7 Å². The Hall–Kier alpha value is -2.44. The van der Waals surface area contributed by atoms with Crippen LogP contribution in [0.1, 0.15) is 42.0 Å². The number of rotatable bonds is 3. The lowest BCUT2D eigenvalue weighted by Gasteiger charge is -2.10. The number of aromatic nitrogens is 3. The maximum atomic E-state index is 12.4. The van der Waals surface area contributed by atoms with Crippen LogP contribution < -0.4 is 10.9 Å². The molecule has 0 radical (unpaired) electrons. The van der Waals surface area contributed by atoms with Crippen molar-refractivity contribution in [2.45, 2.75) is 34.1 Å². The highest BCUT2D eigenvalue weighted by molar-refractivity contribution is 6.06. The number of hydrazine groups is 1. The second-order valence-corrected chi connectivity index (χ2v) is 5.82. The Bertz CT molecular complexity index is 733. The first-order chi connectivity index (χ1) is 10.3. The van der Waals surface area contributed by atoms with Gasteiger partial charge in [-0.2, -0.15) is 5.10 Å². The molecule has 0 aliphatic heterocycles. The average Bonchev–Trinajstić information content (AvgIpc) is 2.69.